The Morgan fingerprint density at radius 1 is 1.29 bits per heavy atom. The summed E-state index contributed by atoms with van der Waals surface area (Å²) >= 11 is 9.42. The topological polar surface area (TPSA) is 46.3 Å². The monoisotopic (exact) mass is 364 g/mol. The molecule has 3 nitrogen and oxygen atoms in total. The smallest absolute Gasteiger partial charge is 0.258 e. The molecule has 0 saturated heterocycles. The average Bonchev–Trinajstić information content (AvgIpc) is 2.48. The lowest BCUT2D eigenvalue weighted by Crippen LogP contribution is -2.46. The maximum atomic E-state index is 12.8. The maximum absolute atomic E-state index is 12.8. The highest BCUT2D eigenvalue weighted by molar-refractivity contribution is 9.10. The number of amides is 1. The molecular weight excluding hydrogens is 352 g/mol. The van der Waals surface area contributed by atoms with Gasteiger partial charge in [-0.1, -0.05) is 29.8 Å². The number of hydrogen-bond acceptors (Lipinski definition) is 2. The van der Waals surface area contributed by atoms with Crippen molar-refractivity contribution in [2.45, 2.75) is 12.5 Å². The van der Waals surface area contributed by atoms with E-state index in [1.807, 2.05) is 24.3 Å². The second-order valence-corrected chi connectivity index (χ2v) is 6.40. The Balaban J connectivity index is 1.99. The van der Waals surface area contributed by atoms with Crippen molar-refractivity contribution >= 4 is 39.1 Å². The SMILES string of the molecule is NC1Cc2ccccc2N(C(=O)c2ccc(Br)c(Cl)c2)C1. The predicted molar refractivity (Wildman–Crippen MR) is 88.9 cm³/mol. The number of nitrogens with two attached hydrogens (primary N) is 1. The van der Waals surface area contributed by atoms with Crippen LogP contribution in [0.25, 0.3) is 0 Å². The highest BCUT2D eigenvalue weighted by Gasteiger charge is 2.27. The molecule has 3 rings (SSSR count). The van der Waals surface area contributed by atoms with Crippen molar-refractivity contribution in [1.82, 2.24) is 0 Å². The highest BCUT2D eigenvalue weighted by atomic mass is 79.9. The maximum Gasteiger partial charge on any atom is 0.258 e. The lowest BCUT2D eigenvalue weighted by molar-refractivity contribution is 0.0983. The van der Waals surface area contributed by atoms with E-state index < -0.39 is 0 Å². The first-order chi connectivity index (χ1) is 10.1. The van der Waals surface area contributed by atoms with Crippen molar-refractivity contribution in [3.63, 3.8) is 0 Å². The Morgan fingerprint density at radius 2 is 2.05 bits per heavy atom. The minimum absolute atomic E-state index is 0.0465. The van der Waals surface area contributed by atoms with Crippen LogP contribution in [-0.4, -0.2) is 18.5 Å². The number of benzene rings is 2. The normalized spacial score (nSPS) is 17.5. The molecular formula is C16H14BrClN2O. The molecule has 2 aromatic carbocycles. The largest absolute Gasteiger partial charge is 0.326 e. The molecule has 5 heteroatoms. The number of halogens is 2. The highest BCUT2D eigenvalue weighted by Crippen LogP contribution is 2.29. The molecule has 2 aromatic rings. The molecule has 1 aliphatic rings. The molecule has 21 heavy (non-hydrogen) atoms. The van der Waals surface area contributed by atoms with Crippen molar-refractivity contribution in [1.29, 1.82) is 0 Å². The molecule has 0 saturated carbocycles. The number of para-hydroxylation sites is 1. The molecule has 0 spiro atoms. The van der Waals surface area contributed by atoms with Crippen LogP contribution in [0.4, 0.5) is 5.69 Å². The summed E-state index contributed by atoms with van der Waals surface area (Å²) in [5, 5.41) is 0.524. The third kappa shape index (κ3) is 2.84. The summed E-state index contributed by atoms with van der Waals surface area (Å²) in [5.74, 6) is -0.0769. The second-order valence-electron chi connectivity index (χ2n) is 5.14. The number of fused-ring (bicyclic) bond motifs is 1. The van der Waals surface area contributed by atoms with Crippen molar-refractivity contribution < 1.29 is 4.79 Å². The summed E-state index contributed by atoms with van der Waals surface area (Å²) in [5.41, 5.74) is 8.68. The van der Waals surface area contributed by atoms with Gasteiger partial charge in [0.25, 0.3) is 5.91 Å². The van der Waals surface area contributed by atoms with Crippen LogP contribution in [0.5, 0.6) is 0 Å². The number of carbonyl (C=O) groups is 1. The van der Waals surface area contributed by atoms with E-state index in [4.69, 9.17) is 17.3 Å². The molecule has 1 amide bonds. The summed E-state index contributed by atoms with van der Waals surface area (Å²) < 4.78 is 0.775. The van der Waals surface area contributed by atoms with E-state index in [9.17, 15) is 4.79 Å². The van der Waals surface area contributed by atoms with Crippen LogP contribution in [0.15, 0.2) is 46.9 Å². The van der Waals surface area contributed by atoms with E-state index in [1.54, 1.807) is 23.1 Å². The summed E-state index contributed by atoms with van der Waals surface area (Å²) in [6.07, 6.45) is 0.793. The van der Waals surface area contributed by atoms with Crippen LogP contribution in [-0.2, 0) is 6.42 Å². The van der Waals surface area contributed by atoms with E-state index in [1.165, 1.54) is 0 Å². The van der Waals surface area contributed by atoms with E-state index in [0.29, 0.717) is 17.1 Å². The van der Waals surface area contributed by atoms with Crippen LogP contribution < -0.4 is 10.6 Å². The van der Waals surface area contributed by atoms with E-state index in [2.05, 4.69) is 15.9 Å². The van der Waals surface area contributed by atoms with Gasteiger partial charge in [-0.3, -0.25) is 4.79 Å². The Hall–Kier alpha value is -1.36. The van der Waals surface area contributed by atoms with Gasteiger partial charge in [-0.05, 0) is 52.2 Å². The number of anilines is 1. The number of hydrogen-bond donors (Lipinski definition) is 1. The third-order valence-electron chi connectivity index (χ3n) is 3.59. The molecule has 0 radical (unpaired) electrons. The van der Waals surface area contributed by atoms with Crippen molar-refractivity contribution in [3.8, 4) is 0 Å². The standard InChI is InChI=1S/C16H14BrClN2O/c17-13-6-5-11(8-14(13)18)16(21)20-9-12(19)7-10-3-1-2-4-15(10)20/h1-6,8,12H,7,9,19H2. The van der Waals surface area contributed by atoms with E-state index >= 15 is 0 Å². The first-order valence-corrected chi connectivity index (χ1v) is 7.84. The Kier molecular flexibility index (Phi) is 4.02. The zero-order valence-corrected chi connectivity index (χ0v) is 13.6. The lowest BCUT2D eigenvalue weighted by Gasteiger charge is -2.33. The van der Waals surface area contributed by atoms with Gasteiger partial charge < -0.3 is 10.6 Å². The zero-order valence-electron chi connectivity index (χ0n) is 11.2. The minimum atomic E-state index is -0.0769. The third-order valence-corrected chi connectivity index (χ3v) is 4.83. The van der Waals surface area contributed by atoms with Crippen LogP contribution in [0, 0.1) is 0 Å². The Morgan fingerprint density at radius 3 is 2.81 bits per heavy atom. The van der Waals surface area contributed by atoms with Crippen LogP contribution >= 0.6 is 27.5 Å². The van der Waals surface area contributed by atoms with Crippen LogP contribution in [0.1, 0.15) is 15.9 Å². The molecule has 108 valence electrons. The predicted octanol–water partition coefficient (Wildman–Crippen LogP) is 3.63. The summed E-state index contributed by atoms with van der Waals surface area (Å²) in [6, 6.07) is 13.1. The van der Waals surface area contributed by atoms with Gasteiger partial charge in [-0.2, -0.15) is 0 Å². The fourth-order valence-electron chi connectivity index (χ4n) is 2.60. The van der Waals surface area contributed by atoms with Crippen LogP contribution in [0.3, 0.4) is 0 Å². The minimum Gasteiger partial charge on any atom is -0.326 e. The van der Waals surface area contributed by atoms with Gasteiger partial charge in [-0.25, -0.2) is 0 Å². The van der Waals surface area contributed by atoms with Crippen molar-refractivity contribution in [2.24, 2.45) is 5.73 Å². The molecule has 0 aromatic heterocycles. The fourth-order valence-corrected chi connectivity index (χ4v) is 3.03. The van der Waals surface area contributed by atoms with Gasteiger partial charge >= 0.3 is 0 Å². The van der Waals surface area contributed by atoms with Crippen molar-refractivity contribution in [3.05, 3.63) is 63.1 Å². The Labute approximate surface area is 136 Å². The lowest BCUT2D eigenvalue weighted by atomic mass is 9.97. The molecule has 0 fully saturated rings. The molecule has 1 heterocycles. The fraction of sp³-hybridized carbons (Fsp3) is 0.188. The quantitative estimate of drug-likeness (QED) is 0.839. The number of carbonyl (C=O) groups excluding carboxylic acids is 1. The van der Waals surface area contributed by atoms with Gasteiger partial charge in [-0.15, -0.1) is 0 Å². The zero-order chi connectivity index (χ0) is 15.0. The molecule has 2 N–H and O–H groups in total. The molecule has 1 atom stereocenters. The van der Waals surface area contributed by atoms with Gasteiger partial charge in [0.2, 0.25) is 0 Å². The van der Waals surface area contributed by atoms with E-state index in [0.717, 1.165) is 22.1 Å². The van der Waals surface area contributed by atoms with Gasteiger partial charge in [0.05, 0.1) is 5.02 Å². The first kappa shape index (κ1) is 14.6. The molecule has 1 aliphatic heterocycles. The average molecular weight is 366 g/mol. The molecule has 0 bridgehead atoms. The van der Waals surface area contributed by atoms with E-state index in [-0.39, 0.29) is 11.9 Å². The van der Waals surface area contributed by atoms with Crippen LogP contribution in [0.2, 0.25) is 5.02 Å². The number of nitrogens with zero attached hydrogens (tertiary/aromatic N) is 1. The second kappa shape index (κ2) is 5.79. The van der Waals surface area contributed by atoms with Gasteiger partial charge in [0.1, 0.15) is 0 Å². The molecule has 1 unspecified atom stereocenters. The molecule has 0 aliphatic carbocycles. The van der Waals surface area contributed by atoms with Gasteiger partial charge in [0.15, 0.2) is 0 Å². The Bertz CT molecular complexity index is 704. The number of rotatable bonds is 1. The van der Waals surface area contributed by atoms with Gasteiger partial charge in [0, 0.05) is 28.3 Å². The summed E-state index contributed by atoms with van der Waals surface area (Å²) in [7, 11) is 0. The summed E-state index contributed by atoms with van der Waals surface area (Å²) in [4.78, 5) is 14.5. The summed E-state index contributed by atoms with van der Waals surface area (Å²) in [6.45, 7) is 0.517. The first-order valence-electron chi connectivity index (χ1n) is 6.66. The van der Waals surface area contributed by atoms with Crippen molar-refractivity contribution in [2.75, 3.05) is 11.4 Å².